The van der Waals surface area contributed by atoms with Gasteiger partial charge in [-0.05, 0) is 43.5 Å². The molecule has 5 heteroatoms. The zero-order chi connectivity index (χ0) is 12.5. The molecule has 0 aliphatic heterocycles. The first kappa shape index (κ1) is 11.2. The highest BCUT2D eigenvalue weighted by atomic mass is 16.1. The first-order valence-corrected chi connectivity index (χ1v) is 6.21. The van der Waals surface area contributed by atoms with E-state index in [2.05, 4.69) is 10.4 Å². The van der Waals surface area contributed by atoms with Gasteiger partial charge in [0.25, 0.3) is 5.91 Å². The molecule has 1 fully saturated rings. The van der Waals surface area contributed by atoms with Gasteiger partial charge in [-0.1, -0.05) is 0 Å². The third kappa shape index (κ3) is 1.86. The Balaban J connectivity index is 1.74. The lowest BCUT2D eigenvalue weighted by Gasteiger charge is -2.35. The second kappa shape index (κ2) is 4.42. The SMILES string of the molecule is NCC1CC(NC(=O)c2cccn3nccc23)C1. The van der Waals surface area contributed by atoms with Crippen molar-refractivity contribution in [3.05, 3.63) is 36.2 Å². The number of nitrogens with two attached hydrogens (primary N) is 1. The molecule has 3 N–H and O–H groups in total. The van der Waals surface area contributed by atoms with Crippen molar-refractivity contribution < 1.29 is 4.79 Å². The summed E-state index contributed by atoms with van der Waals surface area (Å²) in [6.45, 7) is 0.713. The molecule has 2 heterocycles. The maximum Gasteiger partial charge on any atom is 0.253 e. The largest absolute Gasteiger partial charge is 0.349 e. The number of pyridine rings is 1. The molecule has 2 aromatic heterocycles. The maximum absolute atomic E-state index is 12.2. The fraction of sp³-hybridized carbons (Fsp3) is 0.385. The number of carbonyl (C=O) groups is 1. The first-order chi connectivity index (χ1) is 8.78. The van der Waals surface area contributed by atoms with Gasteiger partial charge in [0.2, 0.25) is 0 Å². The number of hydrogen-bond acceptors (Lipinski definition) is 3. The van der Waals surface area contributed by atoms with Crippen LogP contribution in [0.1, 0.15) is 23.2 Å². The molecule has 0 bridgehead atoms. The molecule has 1 amide bonds. The summed E-state index contributed by atoms with van der Waals surface area (Å²) in [5, 5.41) is 7.16. The average molecular weight is 244 g/mol. The van der Waals surface area contributed by atoms with Crippen molar-refractivity contribution >= 4 is 11.4 Å². The van der Waals surface area contributed by atoms with Gasteiger partial charge in [0, 0.05) is 12.2 Å². The number of rotatable bonds is 3. The molecule has 5 nitrogen and oxygen atoms in total. The fourth-order valence-corrected chi connectivity index (χ4v) is 2.45. The van der Waals surface area contributed by atoms with E-state index in [9.17, 15) is 4.79 Å². The molecule has 0 aromatic carbocycles. The molecule has 0 atom stereocenters. The maximum atomic E-state index is 12.2. The van der Waals surface area contributed by atoms with E-state index in [-0.39, 0.29) is 11.9 Å². The van der Waals surface area contributed by atoms with Crippen LogP contribution < -0.4 is 11.1 Å². The smallest absolute Gasteiger partial charge is 0.253 e. The Bertz CT molecular complexity index is 571. The molecular formula is C13H16N4O. The summed E-state index contributed by atoms with van der Waals surface area (Å²) >= 11 is 0. The fourth-order valence-electron chi connectivity index (χ4n) is 2.45. The summed E-state index contributed by atoms with van der Waals surface area (Å²) < 4.78 is 1.71. The van der Waals surface area contributed by atoms with Crippen LogP contribution in [-0.2, 0) is 0 Å². The van der Waals surface area contributed by atoms with Crippen molar-refractivity contribution in [3.8, 4) is 0 Å². The van der Waals surface area contributed by atoms with Crippen LogP contribution in [0.4, 0.5) is 0 Å². The monoisotopic (exact) mass is 244 g/mol. The molecule has 18 heavy (non-hydrogen) atoms. The molecule has 0 spiro atoms. The zero-order valence-electron chi connectivity index (χ0n) is 10.0. The van der Waals surface area contributed by atoms with Crippen LogP contribution in [0.25, 0.3) is 5.52 Å². The second-order valence-electron chi connectivity index (χ2n) is 4.83. The van der Waals surface area contributed by atoms with E-state index in [1.54, 1.807) is 10.7 Å². The molecule has 2 aromatic rings. The van der Waals surface area contributed by atoms with Crippen LogP contribution in [0, 0.1) is 5.92 Å². The Morgan fingerprint density at radius 3 is 3.11 bits per heavy atom. The molecule has 3 rings (SSSR count). The normalized spacial score (nSPS) is 22.7. The van der Waals surface area contributed by atoms with Gasteiger partial charge in [-0.2, -0.15) is 5.10 Å². The van der Waals surface area contributed by atoms with Crippen LogP contribution in [0.2, 0.25) is 0 Å². The van der Waals surface area contributed by atoms with Crippen LogP contribution in [0.5, 0.6) is 0 Å². The summed E-state index contributed by atoms with van der Waals surface area (Å²) in [5.41, 5.74) is 7.08. The second-order valence-corrected chi connectivity index (χ2v) is 4.83. The minimum Gasteiger partial charge on any atom is -0.349 e. The number of hydrogen-bond donors (Lipinski definition) is 2. The molecular weight excluding hydrogens is 228 g/mol. The Kier molecular flexibility index (Phi) is 2.76. The number of aromatic nitrogens is 2. The standard InChI is InChI=1S/C13H16N4O/c14-8-9-6-10(7-9)16-13(18)11-2-1-5-17-12(11)3-4-15-17/h1-5,9-10H,6-8,14H2,(H,16,18). The number of amides is 1. The Hall–Kier alpha value is -1.88. The van der Waals surface area contributed by atoms with Gasteiger partial charge in [0.1, 0.15) is 0 Å². The molecule has 0 radical (unpaired) electrons. The molecule has 1 saturated carbocycles. The number of nitrogens with zero attached hydrogens (tertiary/aromatic N) is 2. The third-order valence-corrected chi connectivity index (χ3v) is 3.59. The molecule has 1 aliphatic carbocycles. The van der Waals surface area contributed by atoms with Crippen molar-refractivity contribution in [2.45, 2.75) is 18.9 Å². The van der Waals surface area contributed by atoms with Crippen LogP contribution in [0.3, 0.4) is 0 Å². The molecule has 94 valence electrons. The van der Waals surface area contributed by atoms with Crippen molar-refractivity contribution in [1.82, 2.24) is 14.9 Å². The van der Waals surface area contributed by atoms with Gasteiger partial charge in [-0.3, -0.25) is 4.79 Å². The molecule has 0 unspecified atom stereocenters. The van der Waals surface area contributed by atoms with Gasteiger partial charge >= 0.3 is 0 Å². The van der Waals surface area contributed by atoms with Gasteiger partial charge in [0.15, 0.2) is 0 Å². The quantitative estimate of drug-likeness (QED) is 0.839. The van der Waals surface area contributed by atoms with E-state index in [0.29, 0.717) is 18.0 Å². The minimum absolute atomic E-state index is 0.0263. The van der Waals surface area contributed by atoms with E-state index < -0.39 is 0 Å². The summed E-state index contributed by atoms with van der Waals surface area (Å²) in [6.07, 6.45) is 5.51. The van der Waals surface area contributed by atoms with Crippen molar-refractivity contribution in [2.75, 3.05) is 6.54 Å². The summed E-state index contributed by atoms with van der Waals surface area (Å²) in [7, 11) is 0. The predicted octanol–water partition coefficient (Wildman–Crippen LogP) is 0.801. The Morgan fingerprint density at radius 2 is 2.33 bits per heavy atom. The number of fused-ring (bicyclic) bond motifs is 1. The van der Waals surface area contributed by atoms with E-state index >= 15 is 0 Å². The lowest BCUT2D eigenvalue weighted by atomic mass is 9.80. The minimum atomic E-state index is -0.0263. The Labute approximate surface area is 105 Å². The van der Waals surface area contributed by atoms with E-state index in [1.165, 1.54) is 0 Å². The van der Waals surface area contributed by atoms with Gasteiger partial charge in [-0.15, -0.1) is 0 Å². The van der Waals surface area contributed by atoms with Gasteiger partial charge in [-0.25, -0.2) is 4.52 Å². The van der Waals surface area contributed by atoms with E-state index in [4.69, 9.17) is 5.73 Å². The predicted molar refractivity (Wildman–Crippen MR) is 68.2 cm³/mol. The highest BCUT2D eigenvalue weighted by Crippen LogP contribution is 2.26. The van der Waals surface area contributed by atoms with Gasteiger partial charge < -0.3 is 11.1 Å². The highest BCUT2D eigenvalue weighted by Gasteiger charge is 2.29. The highest BCUT2D eigenvalue weighted by molar-refractivity contribution is 6.00. The van der Waals surface area contributed by atoms with Crippen LogP contribution in [-0.4, -0.2) is 28.1 Å². The summed E-state index contributed by atoms with van der Waals surface area (Å²) in [4.78, 5) is 12.2. The topological polar surface area (TPSA) is 72.4 Å². The summed E-state index contributed by atoms with van der Waals surface area (Å²) in [6, 6.07) is 5.77. The zero-order valence-corrected chi connectivity index (χ0v) is 10.0. The molecule has 0 saturated heterocycles. The van der Waals surface area contributed by atoms with Crippen LogP contribution >= 0.6 is 0 Å². The van der Waals surface area contributed by atoms with Crippen LogP contribution in [0.15, 0.2) is 30.6 Å². The van der Waals surface area contributed by atoms with Gasteiger partial charge in [0.05, 0.1) is 17.3 Å². The lowest BCUT2D eigenvalue weighted by Crippen LogP contribution is -2.46. The average Bonchev–Trinajstić information content (AvgIpc) is 2.80. The van der Waals surface area contributed by atoms with Crippen molar-refractivity contribution in [1.29, 1.82) is 0 Å². The van der Waals surface area contributed by atoms with Crippen molar-refractivity contribution in [3.63, 3.8) is 0 Å². The lowest BCUT2D eigenvalue weighted by molar-refractivity contribution is 0.0893. The van der Waals surface area contributed by atoms with E-state index in [1.807, 2.05) is 24.4 Å². The van der Waals surface area contributed by atoms with Crippen molar-refractivity contribution in [2.24, 2.45) is 11.7 Å². The number of nitrogens with one attached hydrogen (secondary N) is 1. The van der Waals surface area contributed by atoms with E-state index in [0.717, 1.165) is 18.4 Å². The molecule has 1 aliphatic rings. The summed E-state index contributed by atoms with van der Waals surface area (Å²) in [5.74, 6) is 0.544. The number of carbonyl (C=O) groups excluding carboxylic acids is 1. The Morgan fingerprint density at radius 1 is 1.50 bits per heavy atom. The first-order valence-electron chi connectivity index (χ1n) is 6.21. The third-order valence-electron chi connectivity index (χ3n) is 3.59.